The molecule has 0 aliphatic carbocycles. The summed E-state index contributed by atoms with van der Waals surface area (Å²) < 4.78 is 0. The van der Waals surface area contributed by atoms with Crippen molar-refractivity contribution in [1.29, 1.82) is 0 Å². The van der Waals surface area contributed by atoms with Crippen molar-refractivity contribution < 1.29 is 0 Å². The van der Waals surface area contributed by atoms with E-state index in [2.05, 4.69) is 26.0 Å². The molecule has 0 N–H and O–H groups in total. The Balaban J connectivity index is 3.05. The highest BCUT2D eigenvalue weighted by molar-refractivity contribution is 4.81. The molecule has 0 aliphatic rings. The lowest BCUT2D eigenvalue weighted by atomic mass is 10.0. The van der Waals surface area contributed by atoms with Gasteiger partial charge in [0.15, 0.2) is 0 Å². The van der Waals surface area contributed by atoms with Crippen molar-refractivity contribution in [3.05, 3.63) is 12.2 Å². The van der Waals surface area contributed by atoms with Crippen LogP contribution in [0.3, 0.4) is 0 Å². The van der Waals surface area contributed by atoms with Gasteiger partial charge >= 0.3 is 0 Å². The first-order valence-corrected chi connectivity index (χ1v) is 17.1. The Bertz CT molecular complexity index is 368. The molecule has 0 amide bonds. The SMILES string of the molecule is CCCCCCCC/C=C\CCCCCCCCCCCCCCCCCCCCCCCCC. The molecule has 0 heterocycles. The first kappa shape index (κ1) is 34.7. The van der Waals surface area contributed by atoms with Gasteiger partial charge in [0.05, 0.1) is 0 Å². The van der Waals surface area contributed by atoms with Gasteiger partial charge < -0.3 is 0 Å². The zero-order chi connectivity index (χ0) is 25.3. The number of hydrogen-bond donors (Lipinski definition) is 0. The molecule has 0 aliphatic heterocycles. The molecule has 0 nitrogen and oxygen atoms in total. The van der Waals surface area contributed by atoms with Gasteiger partial charge in [-0.1, -0.05) is 199 Å². The van der Waals surface area contributed by atoms with E-state index in [4.69, 9.17) is 0 Å². The molecular weight excluding hydrogens is 420 g/mol. The van der Waals surface area contributed by atoms with Crippen LogP contribution < -0.4 is 0 Å². The van der Waals surface area contributed by atoms with Crippen molar-refractivity contribution in [3.63, 3.8) is 0 Å². The molecule has 0 heteroatoms. The normalized spacial score (nSPS) is 11.7. The molecule has 0 aromatic carbocycles. The van der Waals surface area contributed by atoms with E-state index in [1.807, 2.05) is 0 Å². The second kappa shape index (κ2) is 33.7. The van der Waals surface area contributed by atoms with Crippen LogP contribution in [-0.2, 0) is 0 Å². The number of unbranched alkanes of at least 4 members (excludes halogenated alkanes) is 29. The minimum Gasteiger partial charge on any atom is -0.0885 e. The van der Waals surface area contributed by atoms with Crippen LogP contribution in [0.2, 0.25) is 0 Å². The van der Waals surface area contributed by atoms with Crippen LogP contribution >= 0.6 is 0 Å². The molecule has 0 bridgehead atoms. The van der Waals surface area contributed by atoms with E-state index in [-0.39, 0.29) is 0 Å². The van der Waals surface area contributed by atoms with Crippen LogP contribution in [0.1, 0.15) is 213 Å². The van der Waals surface area contributed by atoms with Crippen LogP contribution in [0.5, 0.6) is 0 Å². The molecule has 0 fully saturated rings. The van der Waals surface area contributed by atoms with E-state index in [0.29, 0.717) is 0 Å². The number of hydrogen-bond acceptors (Lipinski definition) is 0. The standard InChI is InChI=1S/C35H70/c1-3-5-7-9-11-13-15-17-19-21-23-25-27-29-31-33-35-34-32-30-28-26-24-22-20-18-16-14-12-10-8-6-4-2/h17,19H,3-16,18,20-35H2,1-2H3/b19-17-. The molecule has 0 radical (unpaired) electrons. The predicted octanol–water partition coefficient (Wildman–Crippen LogP) is 13.7. The van der Waals surface area contributed by atoms with Gasteiger partial charge in [0, 0.05) is 0 Å². The van der Waals surface area contributed by atoms with Crippen LogP contribution in [0.15, 0.2) is 12.2 Å². The molecule has 0 aromatic rings. The Hall–Kier alpha value is -0.260. The Morgan fingerprint density at radius 3 is 0.600 bits per heavy atom. The molecule has 210 valence electrons. The first-order chi connectivity index (χ1) is 17.4. The molecule has 0 unspecified atom stereocenters. The average Bonchev–Trinajstić information content (AvgIpc) is 2.87. The van der Waals surface area contributed by atoms with E-state index in [0.717, 1.165) is 0 Å². The predicted molar refractivity (Wildman–Crippen MR) is 164 cm³/mol. The fourth-order valence-corrected chi connectivity index (χ4v) is 5.33. The Kier molecular flexibility index (Phi) is 33.5. The fourth-order valence-electron chi connectivity index (χ4n) is 5.33. The van der Waals surface area contributed by atoms with Crippen LogP contribution in [0.4, 0.5) is 0 Å². The summed E-state index contributed by atoms with van der Waals surface area (Å²) in [6, 6.07) is 0. The quantitative estimate of drug-likeness (QED) is 0.0669. The molecule has 0 aromatic heterocycles. The van der Waals surface area contributed by atoms with Gasteiger partial charge in [0.2, 0.25) is 0 Å². The third kappa shape index (κ3) is 33.7. The van der Waals surface area contributed by atoms with Crippen molar-refractivity contribution in [2.75, 3.05) is 0 Å². The maximum Gasteiger partial charge on any atom is -0.0351 e. The van der Waals surface area contributed by atoms with Crippen LogP contribution in [0, 0.1) is 0 Å². The maximum absolute atomic E-state index is 2.45. The fraction of sp³-hybridized carbons (Fsp3) is 0.943. The largest absolute Gasteiger partial charge is 0.0885 e. The molecular formula is C35H70. The number of rotatable bonds is 31. The summed E-state index contributed by atoms with van der Waals surface area (Å²) >= 11 is 0. The third-order valence-corrected chi connectivity index (χ3v) is 7.87. The first-order valence-electron chi connectivity index (χ1n) is 17.1. The van der Waals surface area contributed by atoms with Gasteiger partial charge in [-0.3, -0.25) is 0 Å². The maximum atomic E-state index is 2.45. The van der Waals surface area contributed by atoms with Crippen LogP contribution in [-0.4, -0.2) is 0 Å². The average molecular weight is 491 g/mol. The zero-order valence-corrected chi connectivity index (χ0v) is 25.1. The summed E-state index contributed by atoms with van der Waals surface area (Å²) in [4.78, 5) is 0. The Morgan fingerprint density at radius 1 is 0.229 bits per heavy atom. The molecule has 0 atom stereocenters. The Labute approximate surface area is 224 Å². The lowest BCUT2D eigenvalue weighted by Gasteiger charge is -2.04. The van der Waals surface area contributed by atoms with E-state index >= 15 is 0 Å². The topological polar surface area (TPSA) is 0 Å². The second-order valence-electron chi connectivity index (χ2n) is 11.6. The minimum absolute atomic E-state index is 1.31. The highest BCUT2D eigenvalue weighted by Crippen LogP contribution is 2.16. The Morgan fingerprint density at radius 2 is 0.400 bits per heavy atom. The summed E-state index contributed by atoms with van der Waals surface area (Å²) in [6.07, 6.45) is 49.9. The summed E-state index contributed by atoms with van der Waals surface area (Å²) in [5.74, 6) is 0. The number of allylic oxidation sites excluding steroid dienone is 2. The second-order valence-corrected chi connectivity index (χ2v) is 11.6. The summed E-state index contributed by atoms with van der Waals surface area (Å²) in [7, 11) is 0. The van der Waals surface area contributed by atoms with Crippen LogP contribution in [0.25, 0.3) is 0 Å². The lowest BCUT2D eigenvalue weighted by molar-refractivity contribution is 0.518. The molecule has 35 heavy (non-hydrogen) atoms. The zero-order valence-electron chi connectivity index (χ0n) is 25.1. The van der Waals surface area contributed by atoms with E-state index < -0.39 is 0 Å². The molecule has 0 saturated carbocycles. The van der Waals surface area contributed by atoms with Crippen molar-refractivity contribution in [1.82, 2.24) is 0 Å². The van der Waals surface area contributed by atoms with E-state index in [9.17, 15) is 0 Å². The minimum atomic E-state index is 1.31. The molecule has 0 spiro atoms. The molecule has 0 saturated heterocycles. The summed E-state index contributed by atoms with van der Waals surface area (Å²) in [6.45, 7) is 4.60. The highest BCUT2D eigenvalue weighted by Gasteiger charge is 1.96. The van der Waals surface area contributed by atoms with Gasteiger partial charge in [0.1, 0.15) is 0 Å². The highest BCUT2D eigenvalue weighted by atomic mass is 14.0. The molecule has 0 rings (SSSR count). The van der Waals surface area contributed by atoms with Gasteiger partial charge in [-0.25, -0.2) is 0 Å². The summed E-state index contributed by atoms with van der Waals surface area (Å²) in [5, 5.41) is 0. The lowest BCUT2D eigenvalue weighted by Crippen LogP contribution is -1.84. The smallest absolute Gasteiger partial charge is 0.0351 e. The van der Waals surface area contributed by atoms with Gasteiger partial charge in [-0.05, 0) is 25.7 Å². The van der Waals surface area contributed by atoms with Crippen molar-refractivity contribution in [3.8, 4) is 0 Å². The van der Waals surface area contributed by atoms with E-state index in [1.54, 1.807) is 0 Å². The summed E-state index contributed by atoms with van der Waals surface area (Å²) in [5.41, 5.74) is 0. The van der Waals surface area contributed by atoms with E-state index in [1.165, 1.54) is 199 Å². The van der Waals surface area contributed by atoms with Gasteiger partial charge in [-0.15, -0.1) is 0 Å². The van der Waals surface area contributed by atoms with Crippen molar-refractivity contribution >= 4 is 0 Å². The van der Waals surface area contributed by atoms with Gasteiger partial charge in [0.25, 0.3) is 0 Å². The van der Waals surface area contributed by atoms with Crippen molar-refractivity contribution in [2.45, 2.75) is 213 Å². The monoisotopic (exact) mass is 491 g/mol. The van der Waals surface area contributed by atoms with Crippen molar-refractivity contribution in [2.24, 2.45) is 0 Å². The van der Waals surface area contributed by atoms with Gasteiger partial charge in [-0.2, -0.15) is 0 Å². The third-order valence-electron chi connectivity index (χ3n) is 7.87.